The number of ether oxygens (including phenoxy) is 2. The lowest BCUT2D eigenvalue weighted by Gasteiger charge is -2.24. The van der Waals surface area contributed by atoms with Gasteiger partial charge in [-0.15, -0.1) is 0 Å². The first kappa shape index (κ1) is 18.8. The maximum Gasteiger partial charge on any atom is 0.410 e. The fourth-order valence-corrected chi connectivity index (χ4v) is 2.43. The second kappa shape index (κ2) is 7.54. The third-order valence-corrected chi connectivity index (χ3v) is 3.58. The minimum Gasteiger partial charge on any atom is -0.444 e. The molecule has 2 rings (SSSR count). The number of nitrogens with zero attached hydrogens (tertiary/aromatic N) is 2. The van der Waals surface area contributed by atoms with Gasteiger partial charge in [0.25, 0.3) is 11.8 Å². The molecule has 2 heterocycles. The first-order chi connectivity index (χ1) is 11.7. The summed E-state index contributed by atoms with van der Waals surface area (Å²) < 4.78 is 10.5. The zero-order valence-electron chi connectivity index (χ0n) is 14.6. The number of imide groups is 1. The van der Waals surface area contributed by atoms with Gasteiger partial charge in [0.1, 0.15) is 11.7 Å². The summed E-state index contributed by atoms with van der Waals surface area (Å²) in [6.07, 6.45) is 1.40. The van der Waals surface area contributed by atoms with Gasteiger partial charge in [-0.05, 0) is 20.8 Å². The average Bonchev–Trinajstić information content (AvgIpc) is 3.07. The molecule has 0 aromatic carbocycles. The van der Waals surface area contributed by atoms with Crippen LogP contribution in [0.3, 0.4) is 0 Å². The smallest absolute Gasteiger partial charge is 0.410 e. The predicted molar refractivity (Wildman–Crippen MR) is 86.6 cm³/mol. The Bertz CT molecular complexity index is 577. The van der Waals surface area contributed by atoms with Gasteiger partial charge in [-0.3, -0.25) is 14.5 Å². The molecule has 0 aromatic heterocycles. The predicted octanol–water partition coefficient (Wildman–Crippen LogP) is 0.647. The maximum atomic E-state index is 11.9. The number of alkyl carbamates (subject to hydrolysis) is 1. The summed E-state index contributed by atoms with van der Waals surface area (Å²) >= 11 is 0. The van der Waals surface area contributed by atoms with Crippen molar-refractivity contribution in [2.45, 2.75) is 38.9 Å². The maximum absolute atomic E-state index is 11.9. The first-order valence-electron chi connectivity index (χ1n) is 8.11. The van der Waals surface area contributed by atoms with Gasteiger partial charge >= 0.3 is 12.2 Å². The molecule has 0 aliphatic carbocycles. The Morgan fingerprint density at radius 2 is 1.88 bits per heavy atom. The highest BCUT2D eigenvalue weighted by Crippen LogP contribution is 2.17. The molecule has 0 radical (unpaired) electrons. The van der Waals surface area contributed by atoms with Crippen molar-refractivity contribution in [1.29, 1.82) is 0 Å². The minimum atomic E-state index is -0.650. The minimum absolute atomic E-state index is 0.0778. The van der Waals surface area contributed by atoms with Gasteiger partial charge in [-0.1, -0.05) is 0 Å². The quantitative estimate of drug-likeness (QED) is 0.744. The van der Waals surface area contributed by atoms with E-state index in [4.69, 9.17) is 9.47 Å². The molecule has 0 bridgehead atoms. The number of hydrogen-bond donors (Lipinski definition) is 1. The molecule has 25 heavy (non-hydrogen) atoms. The molecular formula is C16H23N3O6. The van der Waals surface area contributed by atoms with Crippen LogP contribution >= 0.6 is 0 Å². The molecule has 1 fully saturated rings. The van der Waals surface area contributed by atoms with E-state index in [0.717, 1.165) is 4.90 Å². The molecule has 1 N–H and O–H groups in total. The van der Waals surface area contributed by atoms with Gasteiger partial charge in [0.2, 0.25) is 0 Å². The van der Waals surface area contributed by atoms with Crippen LogP contribution in [0.1, 0.15) is 27.2 Å². The van der Waals surface area contributed by atoms with Crippen LogP contribution < -0.4 is 5.32 Å². The van der Waals surface area contributed by atoms with Crippen molar-refractivity contribution in [3.63, 3.8) is 0 Å². The van der Waals surface area contributed by atoms with Crippen molar-refractivity contribution < 1.29 is 28.7 Å². The molecule has 1 unspecified atom stereocenters. The molecule has 138 valence electrons. The van der Waals surface area contributed by atoms with Crippen LogP contribution in [0.15, 0.2) is 12.2 Å². The lowest BCUT2D eigenvalue weighted by atomic mass is 10.2. The monoisotopic (exact) mass is 353 g/mol. The van der Waals surface area contributed by atoms with E-state index in [-0.39, 0.29) is 19.6 Å². The number of likely N-dealkylation sites (tertiary alicyclic amines) is 1. The summed E-state index contributed by atoms with van der Waals surface area (Å²) in [5.74, 6) is -0.798. The lowest BCUT2D eigenvalue weighted by Crippen LogP contribution is -2.40. The van der Waals surface area contributed by atoms with Crippen molar-refractivity contribution in [1.82, 2.24) is 15.1 Å². The molecule has 1 atom stereocenters. The topological polar surface area (TPSA) is 105 Å². The van der Waals surface area contributed by atoms with Gasteiger partial charge in [0.05, 0.1) is 6.54 Å². The number of carbonyl (C=O) groups is 4. The Morgan fingerprint density at radius 1 is 1.24 bits per heavy atom. The van der Waals surface area contributed by atoms with E-state index in [1.165, 1.54) is 17.1 Å². The third-order valence-electron chi connectivity index (χ3n) is 3.58. The average molecular weight is 353 g/mol. The van der Waals surface area contributed by atoms with Crippen molar-refractivity contribution in [2.24, 2.45) is 0 Å². The van der Waals surface area contributed by atoms with E-state index in [1.807, 2.05) is 0 Å². The zero-order valence-corrected chi connectivity index (χ0v) is 14.6. The Hall–Kier alpha value is -2.58. The molecular weight excluding hydrogens is 330 g/mol. The van der Waals surface area contributed by atoms with E-state index >= 15 is 0 Å². The number of amides is 4. The van der Waals surface area contributed by atoms with Crippen LogP contribution in [0.5, 0.6) is 0 Å². The standard InChI is InChI=1S/C16H23N3O6/c1-16(2,3)25-15(23)18-8-6-11(10-18)24-14(22)17-7-9-19-12(20)4-5-13(19)21/h4-5,11H,6-10H2,1-3H3,(H,17,22). The van der Waals surface area contributed by atoms with Gasteiger partial charge in [-0.25, -0.2) is 9.59 Å². The van der Waals surface area contributed by atoms with Crippen molar-refractivity contribution in [2.75, 3.05) is 26.2 Å². The number of carbonyl (C=O) groups excluding carboxylic acids is 4. The molecule has 9 nitrogen and oxygen atoms in total. The van der Waals surface area contributed by atoms with Gasteiger partial charge < -0.3 is 19.7 Å². The van der Waals surface area contributed by atoms with Crippen molar-refractivity contribution in [3.05, 3.63) is 12.2 Å². The fraction of sp³-hybridized carbons (Fsp3) is 0.625. The number of hydrogen-bond acceptors (Lipinski definition) is 6. The number of nitrogens with one attached hydrogen (secondary N) is 1. The molecule has 0 saturated carbocycles. The van der Waals surface area contributed by atoms with Crippen LogP contribution in [0.4, 0.5) is 9.59 Å². The summed E-state index contributed by atoms with van der Waals surface area (Å²) in [6, 6.07) is 0. The van der Waals surface area contributed by atoms with E-state index in [9.17, 15) is 19.2 Å². The van der Waals surface area contributed by atoms with E-state index < -0.39 is 35.7 Å². The van der Waals surface area contributed by atoms with E-state index in [1.54, 1.807) is 20.8 Å². The SMILES string of the molecule is CC(C)(C)OC(=O)N1CCC(OC(=O)NCCN2C(=O)C=CC2=O)C1. The van der Waals surface area contributed by atoms with Gasteiger partial charge in [0.15, 0.2) is 0 Å². The second-order valence-corrected chi connectivity index (χ2v) is 6.83. The van der Waals surface area contributed by atoms with Crippen molar-refractivity contribution >= 4 is 24.0 Å². The van der Waals surface area contributed by atoms with Crippen molar-refractivity contribution in [3.8, 4) is 0 Å². The molecule has 2 aliphatic heterocycles. The molecule has 2 aliphatic rings. The Labute approximate surface area is 145 Å². The fourth-order valence-electron chi connectivity index (χ4n) is 2.43. The van der Waals surface area contributed by atoms with Crippen LogP contribution in [-0.4, -0.2) is 71.7 Å². The van der Waals surface area contributed by atoms with Crippen LogP contribution in [-0.2, 0) is 19.1 Å². The largest absolute Gasteiger partial charge is 0.444 e. The zero-order chi connectivity index (χ0) is 18.6. The highest BCUT2D eigenvalue weighted by atomic mass is 16.6. The summed E-state index contributed by atoms with van der Waals surface area (Å²) in [7, 11) is 0. The molecule has 0 aromatic rings. The highest BCUT2D eigenvalue weighted by molar-refractivity contribution is 6.12. The normalized spacial score (nSPS) is 20.2. The molecule has 0 spiro atoms. The van der Waals surface area contributed by atoms with E-state index in [2.05, 4.69) is 5.32 Å². The third kappa shape index (κ3) is 5.47. The number of rotatable bonds is 4. The lowest BCUT2D eigenvalue weighted by molar-refractivity contribution is -0.136. The second-order valence-electron chi connectivity index (χ2n) is 6.83. The summed E-state index contributed by atoms with van der Waals surface area (Å²) in [5, 5.41) is 2.49. The Morgan fingerprint density at radius 3 is 2.48 bits per heavy atom. The van der Waals surface area contributed by atoms with Crippen LogP contribution in [0, 0.1) is 0 Å². The van der Waals surface area contributed by atoms with Gasteiger partial charge in [0, 0.05) is 38.2 Å². The van der Waals surface area contributed by atoms with Crippen LogP contribution in [0.2, 0.25) is 0 Å². The summed E-state index contributed by atoms with van der Waals surface area (Å²) in [4.78, 5) is 49.0. The van der Waals surface area contributed by atoms with E-state index in [0.29, 0.717) is 13.0 Å². The van der Waals surface area contributed by atoms with Crippen LogP contribution in [0.25, 0.3) is 0 Å². The molecule has 1 saturated heterocycles. The Balaban J connectivity index is 1.67. The van der Waals surface area contributed by atoms with Gasteiger partial charge in [-0.2, -0.15) is 0 Å². The molecule has 4 amide bonds. The Kier molecular flexibility index (Phi) is 5.66. The molecule has 9 heteroatoms. The highest BCUT2D eigenvalue weighted by Gasteiger charge is 2.32. The summed E-state index contributed by atoms with van der Waals surface area (Å²) in [5.41, 5.74) is -0.577. The first-order valence-corrected chi connectivity index (χ1v) is 8.11. The summed E-state index contributed by atoms with van der Waals surface area (Å²) in [6.45, 7) is 6.26.